The zero-order valence-corrected chi connectivity index (χ0v) is 11.4. The molecule has 5 nitrogen and oxygen atoms in total. The van der Waals surface area contributed by atoms with Gasteiger partial charge in [0.05, 0.1) is 17.0 Å². The standard InChI is InChI=1S/C11H13ClN2O3S/c1-11(3-5-18(16,17)7-11)14-10(15)9-6-8(12)2-4-13-9/h2,4,6H,3,5,7H2,1H3,(H,14,15). The third kappa shape index (κ3) is 3.00. The summed E-state index contributed by atoms with van der Waals surface area (Å²) in [7, 11) is -3.05. The van der Waals surface area contributed by atoms with E-state index in [1.165, 1.54) is 12.3 Å². The quantitative estimate of drug-likeness (QED) is 0.882. The second-order valence-corrected chi connectivity index (χ2v) is 7.34. The van der Waals surface area contributed by atoms with Crippen LogP contribution in [0.5, 0.6) is 0 Å². The summed E-state index contributed by atoms with van der Waals surface area (Å²) < 4.78 is 22.9. The Balaban J connectivity index is 2.13. The van der Waals surface area contributed by atoms with Gasteiger partial charge in [-0.1, -0.05) is 11.6 Å². The molecule has 1 atom stereocenters. The minimum Gasteiger partial charge on any atom is -0.344 e. The molecule has 1 aliphatic rings. The van der Waals surface area contributed by atoms with E-state index in [0.29, 0.717) is 11.4 Å². The van der Waals surface area contributed by atoms with Crippen molar-refractivity contribution in [2.24, 2.45) is 0 Å². The van der Waals surface area contributed by atoms with Gasteiger partial charge >= 0.3 is 0 Å². The van der Waals surface area contributed by atoms with Crippen molar-refractivity contribution >= 4 is 27.3 Å². The van der Waals surface area contributed by atoms with Crippen molar-refractivity contribution in [3.05, 3.63) is 29.0 Å². The van der Waals surface area contributed by atoms with Gasteiger partial charge in [0, 0.05) is 11.2 Å². The van der Waals surface area contributed by atoms with Crippen LogP contribution in [0.4, 0.5) is 0 Å². The van der Waals surface area contributed by atoms with Crippen LogP contribution in [0.3, 0.4) is 0 Å². The summed E-state index contributed by atoms with van der Waals surface area (Å²) in [5, 5.41) is 3.13. The molecule has 0 radical (unpaired) electrons. The Morgan fingerprint density at radius 2 is 2.28 bits per heavy atom. The van der Waals surface area contributed by atoms with Crippen molar-refractivity contribution in [3.63, 3.8) is 0 Å². The lowest BCUT2D eigenvalue weighted by atomic mass is 10.0. The summed E-state index contributed by atoms with van der Waals surface area (Å²) in [6, 6.07) is 3.02. The van der Waals surface area contributed by atoms with E-state index in [2.05, 4.69) is 10.3 Å². The highest BCUT2D eigenvalue weighted by Gasteiger charge is 2.39. The lowest BCUT2D eigenvalue weighted by Gasteiger charge is -2.23. The number of halogens is 1. The van der Waals surface area contributed by atoms with Crippen molar-refractivity contribution < 1.29 is 13.2 Å². The largest absolute Gasteiger partial charge is 0.344 e. The van der Waals surface area contributed by atoms with E-state index >= 15 is 0 Å². The SMILES string of the molecule is CC1(NC(=O)c2cc(Cl)ccn2)CCS(=O)(=O)C1. The molecular weight excluding hydrogens is 276 g/mol. The van der Waals surface area contributed by atoms with E-state index in [4.69, 9.17) is 11.6 Å². The molecule has 0 saturated carbocycles. The highest BCUT2D eigenvalue weighted by Crippen LogP contribution is 2.23. The summed E-state index contributed by atoms with van der Waals surface area (Å²) in [4.78, 5) is 15.8. The molecular formula is C11H13ClN2O3S. The molecule has 0 aliphatic carbocycles. The summed E-state index contributed by atoms with van der Waals surface area (Å²) in [6.07, 6.45) is 1.85. The second-order valence-electron chi connectivity index (χ2n) is 4.72. The summed E-state index contributed by atoms with van der Waals surface area (Å²) in [5.74, 6) is -0.337. The lowest BCUT2D eigenvalue weighted by Crippen LogP contribution is -2.47. The average Bonchev–Trinajstić information content (AvgIpc) is 2.52. The molecule has 1 aliphatic heterocycles. The molecule has 98 valence electrons. The molecule has 18 heavy (non-hydrogen) atoms. The van der Waals surface area contributed by atoms with Crippen molar-refractivity contribution in [1.29, 1.82) is 0 Å². The Morgan fingerprint density at radius 3 is 2.83 bits per heavy atom. The summed E-state index contributed by atoms with van der Waals surface area (Å²) in [5.41, 5.74) is -0.534. The summed E-state index contributed by atoms with van der Waals surface area (Å²) in [6.45, 7) is 1.72. The predicted molar refractivity (Wildman–Crippen MR) is 68.4 cm³/mol. The van der Waals surface area contributed by atoms with Crippen LogP contribution in [0.25, 0.3) is 0 Å². The first-order chi connectivity index (χ1) is 8.30. The number of pyridine rings is 1. The normalized spacial score (nSPS) is 25.9. The van der Waals surface area contributed by atoms with Gasteiger partial charge in [-0.15, -0.1) is 0 Å². The third-order valence-electron chi connectivity index (χ3n) is 2.87. The van der Waals surface area contributed by atoms with E-state index in [0.717, 1.165) is 0 Å². The maximum absolute atomic E-state index is 11.9. The van der Waals surface area contributed by atoms with Crippen LogP contribution >= 0.6 is 11.6 Å². The Bertz CT molecular complexity index is 588. The number of nitrogens with one attached hydrogen (secondary N) is 1. The number of carbonyl (C=O) groups excluding carboxylic acids is 1. The minimum atomic E-state index is -3.05. The molecule has 1 fully saturated rings. The maximum atomic E-state index is 11.9. The summed E-state index contributed by atoms with van der Waals surface area (Å²) >= 11 is 5.77. The van der Waals surface area contributed by atoms with Crippen LogP contribution in [-0.2, 0) is 9.84 Å². The smallest absolute Gasteiger partial charge is 0.270 e. The predicted octanol–water partition coefficient (Wildman–Crippen LogP) is 1.04. The molecule has 0 aromatic carbocycles. The number of nitrogens with zero attached hydrogens (tertiary/aromatic N) is 1. The van der Waals surface area contributed by atoms with Crippen LogP contribution < -0.4 is 5.32 Å². The molecule has 1 aromatic rings. The van der Waals surface area contributed by atoms with E-state index in [1.54, 1.807) is 13.0 Å². The Kier molecular flexibility index (Phi) is 3.33. The monoisotopic (exact) mass is 288 g/mol. The van der Waals surface area contributed by atoms with Gasteiger partial charge in [0.2, 0.25) is 0 Å². The minimum absolute atomic E-state index is 0.0354. The van der Waals surface area contributed by atoms with Gasteiger partial charge < -0.3 is 5.32 Å². The van der Waals surface area contributed by atoms with Crippen LogP contribution in [0.2, 0.25) is 5.02 Å². The molecule has 2 rings (SSSR count). The first-order valence-corrected chi connectivity index (χ1v) is 7.64. The van der Waals surface area contributed by atoms with Crippen LogP contribution in [0.15, 0.2) is 18.3 Å². The van der Waals surface area contributed by atoms with Gasteiger partial charge in [-0.2, -0.15) is 0 Å². The van der Waals surface area contributed by atoms with Crippen molar-refractivity contribution in [1.82, 2.24) is 10.3 Å². The fourth-order valence-electron chi connectivity index (χ4n) is 1.98. The molecule has 1 N–H and O–H groups in total. The first-order valence-electron chi connectivity index (χ1n) is 5.44. The zero-order valence-electron chi connectivity index (χ0n) is 9.81. The number of amides is 1. The molecule has 1 unspecified atom stereocenters. The third-order valence-corrected chi connectivity index (χ3v) is 5.01. The lowest BCUT2D eigenvalue weighted by molar-refractivity contribution is 0.0910. The maximum Gasteiger partial charge on any atom is 0.270 e. The molecule has 1 saturated heterocycles. The van der Waals surface area contributed by atoms with Gasteiger partial charge in [-0.3, -0.25) is 9.78 Å². The molecule has 2 heterocycles. The average molecular weight is 289 g/mol. The first kappa shape index (κ1) is 13.3. The Morgan fingerprint density at radius 1 is 1.56 bits per heavy atom. The van der Waals surface area contributed by atoms with Crippen LogP contribution in [0, 0.1) is 0 Å². The molecule has 7 heteroatoms. The fraction of sp³-hybridized carbons (Fsp3) is 0.455. The zero-order chi connectivity index (χ0) is 13.4. The van der Waals surface area contributed by atoms with Gasteiger partial charge in [-0.25, -0.2) is 8.42 Å². The van der Waals surface area contributed by atoms with E-state index in [-0.39, 0.29) is 17.2 Å². The number of sulfone groups is 1. The second kappa shape index (κ2) is 4.51. The Labute approximate surface area is 110 Å². The van der Waals surface area contributed by atoms with Gasteiger partial charge in [0.25, 0.3) is 5.91 Å². The van der Waals surface area contributed by atoms with E-state index < -0.39 is 21.3 Å². The molecule has 1 aromatic heterocycles. The van der Waals surface area contributed by atoms with Crippen molar-refractivity contribution in [3.8, 4) is 0 Å². The van der Waals surface area contributed by atoms with Crippen LogP contribution in [-0.4, -0.2) is 36.4 Å². The number of hydrogen-bond donors (Lipinski definition) is 1. The van der Waals surface area contributed by atoms with E-state index in [9.17, 15) is 13.2 Å². The fourth-order valence-corrected chi connectivity index (χ4v) is 4.23. The van der Waals surface area contributed by atoms with Crippen molar-refractivity contribution in [2.75, 3.05) is 11.5 Å². The van der Waals surface area contributed by atoms with Gasteiger partial charge in [-0.05, 0) is 25.5 Å². The topological polar surface area (TPSA) is 76.1 Å². The van der Waals surface area contributed by atoms with Gasteiger partial charge in [0.1, 0.15) is 5.69 Å². The Hall–Kier alpha value is -1.14. The number of aromatic nitrogens is 1. The molecule has 0 spiro atoms. The number of carbonyl (C=O) groups is 1. The van der Waals surface area contributed by atoms with E-state index in [1.807, 2.05) is 0 Å². The van der Waals surface area contributed by atoms with Gasteiger partial charge in [0.15, 0.2) is 9.84 Å². The van der Waals surface area contributed by atoms with Crippen molar-refractivity contribution in [2.45, 2.75) is 18.9 Å². The number of rotatable bonds is 2. The highest BCUT2D eigenvalue weighted by molar-refractivity contribution is 7.91. The number of hydrogen-bond acceptors (Lipinski definition) is 4. The molecule has 0 bridgehead atoms. The highest BCUT2D eigenvalue weighted by atomic mass is 35.5. The molecule has 1 amide bonds. The van der Waals surface area contributed by atoms with Crippen LogP contribution in [0.1, 0.15) is 23.8 Å².